The molecule has 13 heteroatoms. The number of amides is 2. The van der Waals surface area contributed by atoms with Crippen LogP contribution in [-0.2, 0) is 25.2 Å². The number of rotatable bonds is 8. The van der Waals surface area contributed by atoms with Crippen LogP contribution in [0.25, 0.3) is 0 Å². The van der Waals surface area contributed by atoms with Gasteiger partial charge in [-0.1, -0.05) is 29.8 Å². The minimum absolute atomic E-state index is 0.0230. The average Bonchev–Trinajstić information content (AvgIpc) is 3.51. The Morgan fingerprint density at radius 2 is 1.68 bits per heavy atom. The molecule has 2 heterocycles. The van der Waals surface area contributed by atoms with Crippen molar-refractivity contribution in [3.05, 3.63) is 76.3 Å². The number of carbonyl (C=O) groups is 2. The highest BCUT2D eigenvalue weighted by atomic mass is 35.5. The molecule has 1 saturated heterocycles. The maximum absolute atomic E-state index is 15.3. The van der Waals surface area contributed by atoms with Crippen LogP contribution in [0.2, 0.25) is 5.02 Å². The van der Waals surface area contributed by atoms with Crippen molar-refractivity contribution in [1.29, 1.82) is 0 Å². The molecule has 2 aliphatic heterocycles. The summed E-state index contributed by atoms with van der Waals surface area (Å²) < 4.78 is 46.4. The third-order valence-electron chi connectivity index (χ3n) is 8.20. The van der Waals surface area contributed by atoms with E-state index in [9.17, 15) is 18.3 Å². The molecule has 0 radical (unpaired) electrons. The van der Waals surface area contributed by atoms with Gasteiger partial charge in [0.25, 0.3) is 15.9 Å². The number of nitrogens with zero attached hydrogens (tertiary/aromatic N) is 3. The van der Waals surface area contributed by atoms with Gasteiger partial charge in [-0.05, 0) is 49.2 Å². The zero-order chi connectivity index (χ0) is 32.1. The molecule has 5 rings (SSSR count). The van der Waals surface area contributed by atoms with Gasteiger partial charge in [-0.25, -0.2) is 12.7 Å². The number of β-amino-alcohol motifs (C(OH)–C–C–N with tert-alkyl or cyclic N) is 1. The minimum Gasteiger partial charge on any atom is -0.497 e. The third kappa shape index (κ3) is 4.68. The Labute approximate surface area is 261 Å². The fourth-order valence-electron chi connectivity index (χ4n) is 6.17. The van der Waals surface area contributed by atoms with Gasteiger partial charge < -0.3 is 24.2 Å². The van der Waals surface area contributed by atoms with Crippen molar-refractivity contribution in [2.45, 2.75) is 35.9 Å². The molecular formula is C31H34ClN3O8S. The Kier molecular flexibility index (Phi) is 8.31. The lowest BCUT2D eigenvalue weighted by Crippen LogP contribution is -2.59. The van der Waals surface area contributed by atoms with Gasteiger partial charge in [-0.3, -0.25) is 14.5 Å². The van der Waals surface area contributed by atoms with E-state index >= 15 is 4.79 Å². The van der Waals surface area contributed by atoms with Crippen molar-refractivity contribution in [3.8, 4) is 17.2 Å². The molecule has 3 aromatic carbocycles. The summed E-state index contributed by atoms with van der Waals surface area (Å²) in [5.41, 5.74) is -0.848. The highest BCUT2D eigenvalue weighted by Gasteiger charge is 2.64. The smallest absolute Gasteiger partial charge is 0.274 e. The van der Waals surface area contributed by atoms with Crippen molar-refractivity contribution < 1.29 is 37.3 Å². The van der Waals surface area contributed by atoms with Gasteiger partial charge >= 0.3 is 0 Å². The van der Waals surface area contributed by atoms with E-state index in [1.165, 1.54) is 50.5 Å². The van der Waals surface area contributed by atoms with Crippen LogP contribution < -0.4 is 18.5 Å². The predicted molar refractivity (Wildman–Crippen MR) is 164 cm³/mol. The van der Waals surface area contributed by atoms with Crippen LogP contribution in [0.1, 0.15) is 23.1 Å². The number of sulfonamides is 1. The number of anilines is 1. The van der Waals surface area contributed by atoms with Gasteiger partial charge in [-0.15, -0.1) is 0 Å². The summed E-state index contributed by atoms with van der Waals surface area (Å²) in [4.78, 5) is 31.6. The topological polar surface area (TPSA) is 126 Å². The first kappa shape index (κ1) is 31.6. The van der Waals surface area contributed by atoms with Gasteiger partial charge in [0.1, 0.15) is 22.1 Å². The number of para-hydroxylation sites is 1. The molecule has 0 saturated carbocycles. The Balaban J connectivity index is 1.89. The molecule has 3 atom stereocenters. The Morgan fingerprint density at radius 3 is 2.32 bits per heavy atom. The monoisotopic (exact) mass is 643 g/mol. The highest BCUT2D eigenvalue weighted by molar-refractivity contribution is 7.93. The number of halogens is 1. The van der Waals surface area contributed by atoms with Crippen LogP contribution in [0.4, 0.5) is 5.69 Å². The number of likely N-dealkylation sites (tertiary alicyclic amines) is 1. The Bertz CT molecular complexity index is 1750. The number of likely N-dealkylation sites (N-methyl/N-ethyl adjacent to an activating group) is 1. The number of hydrogen-bond acceptors (Lipinski definition) is 9. The van der Waals surface area contributed by atoms with E-state index in [4.69, 9.17) is 25.8 Å². The molecule has 0 spiro atoms. The van der Waals surface area contributed by atoms with Gasteiger partial charge in [0.2, 0.25) is 5.91 Å². The number of ether oxygens (including phenoxy) is 3. The third-order valence-corrected chi connectivity index (χ3v) is 10.3. The average molecular weight is 644 g/mol. The zero-order valence-corrected chi connectivity index (χ0v) is 26.8. The van der Waals surface area contributed by atoms with Crippen LogP contribution in [0.5, 0.6) is 17.2 Å². The fraction of sp³-hybridized carbons (Fsp3) is 0.355. The molecule has 0 aliphatic carbocycles. The van der Waals surface area contributed by atoms with E-state index in [1.54, 1.807) is 56.3 Å². The summed E-state index contributed by atoms with van der Waals surface area (Å²) >= 11 is 6.69. The largest absolute Gasteiger partial charge is 0.497 e. The SMILES string of the molecule is COc1ccc(S(=O)(=O)N2C(=O)C(c3ccccc3OC)(N3C[C@H](O)C[C@H]3C(=O)N(C)C)c3cc(Cl)c(C)cc32)c(OC)c1. The Morgan fingerprint density at radius 1 is 1.00 bits per heavy atom. The Hall–Kier alpha value is -3.84. The van der Waals surface area contributed by atoms with Crippen LogP contribution in [-0.4, -0.2) is 89.3 Å². The van der Waals surface area contributed by atoms with Crippen molar-refractivity contribution in [3.63, 3.8) is 0 Å². The lowest BCUT2D eigenvalue weighted by atomic mass is 9.80. The maximum atomic E-state index is 15.3. The number of fused-ring (bicyclic) bond motifs is 1. The standard InChI is InChI=1S/C31H34ClN3O8S/c1-18-13-24-22(16-23(18)32)31(21-9-7-8-10-26(21)42-5,34-17-19(36)14-25(34)29(37)33(2)3)30(38)35(24)44(39,40)28-12-11-20(41-4)15-27(28)43-6/h7-13,15-16,19,25,36H,14,17H2,1-6H3/t19-,25+,31?/m1/s1. The lowest BCUT2D eigenvalue weighted by Gasteiger charge is -2.42. The van der Waals surface area contributed by atoms with Crippen molar-refractivity contribution >= 4 is 39.1 Å². The molecule has 2 aliphatic rings. The first-order valence-corrected chi connectivity index (χ1v) is 15.6. The van der Waals surface area contributed by atoms with E-state index in [2.05, 4.69) is 0 Å². The molecule has 3 aromatic rings. The number of hydrogen-bond donors (Lipinski definition) is 1. The number of aliphatic hydroxyl groups is 1. The lowest BCUT2D eigenvalue weighted by molar-refractivity contribution is -0.138. The molecule has 234 valence electrons. The molecule has 1 unspecified atom stereocenters. The summed E-state index contributed by atoms with van der Waals surface area (Å²) in [6.07, 6.45) is -0.963. The van der Waals surface area contributed by atoms with Crippen molar-refractivity contribution in [2.24, 2.45) is 0 Å². The van der Waals surface area contributed by atoms with E-state index in [-0.39, 0.29) is 51.5 Å². The van der Waals surface area contributed by atoms with Crippen LogP contribution in [0.15, 0.2) is 59.5 Å². The number of carbonyl (C=O) groups excluding carboxylic acids is 2. The van der Waals surface area contributed by atoms with Gasteiger partial charge in [0.05, 0.1) is 39.2 Å². The van der Waals surface area contributed by atoms with E-state index in [0.29, 0.717) is 16.9 Å². The van der Waals surface area contributed by atoms with Crippen LogP contribution in [0.3, 0.4) is 0 Å². The normalized spacial score (nSPS) is 21.7. The second-order valence-corrected chi connectivity index (χ2v) is 13.1. The van der Waals surface area contributed by atoms with E-state index in [0.717, 1.165) is 4.31 Å². The number of aryl methyl sites for hydroxylation is 1. The van der Waals surface area contributed by atoms with Crippen LogP contribution >= 0.6 is 11.6 Å². The molecule has 2 amide bonds. The van der Waals surface area contributed by atoms with Gasteiger partial charge in [0.15, 0.2) is 5.54 Å². The molecule has 11 nitrogen and oxygen atoms in total. The highest BCUT2D eigenvalue weighted by Crippen LogP contribution is 2.55. The van der Waals surface area contributed by atoms with E-state index < -0.39 is 33.6 Å². The molecule has 0 bridgehead atoms. The van der Waals surface area contributed by atoms with Crippen molar-refractivity contribution in [1.82, 2.24) is 9.80 Å². The number of benzene rings is 3. The number of aliphatic hydroxyl groups excluding tert-OH is 1. The summed E-state index contributed by atoms with van der Waals surface area (Å²) in [5.74, 6) is -0.640. The fourth-order valence-corrected chi connectivity index (χ4v) is 7.93. The van der Waals surface area contributed by atoms with Crippen LogP contribution in [0, 0.1) is 6.92 Å². The summed E-state index contributed by atoms with van der Waals surface area (Å²) in [6.45, 7) is 1.59. The number of methoxy groups -OCH3 is 3. The summed E-state index contributed by atoms with van der Waals surface area (Å²) in [5, 5.41) is 11.2. The minimum atomic E-state index is -4.66. The second-order valence-electron chi connectivity index (χ2n) is 10.9. The molecule has 1 fully saturated rings. The molecule has 1 N–H and O–H groups in total. The zero-order valence-electron chi connectivity index (χ0n) is 25.2. The second kappa shape index (κ2) is 11.6. The molecule has 0 aromatic heterocycles. The van der Waals surface area contributed by atoms with Gasteiger partial charge in [-0.2, -0.15) is 0 Å². The first-order chi connectivity index (χ1) is 20.8. The first-order valence-electron chi connectivity index (χ1n) is 13.8. The quantitative estimate of drug-likeness (QED) is 0.394. The van der Waals surface area contributed by atoms with E-state index in [1.807, 2.05) is 0 Å². The summed E-state index contributed by atoms with van der Waals surface area (Å²) in [7, 11) is 2.70. The molecular weight excluding hydrogens is 610 g/mol. The van der Waals surface area contributed by atoms with Crippen molar-refractivity contribution in [2.75, 3.05) is 46.3 Å². The maximum Gasteiger partial charge on any atom is 0.274 e. The summed E-state index contributed by atoms with van der Waals surface area (Å²) in [6, 6.07) is 13.0. The predicted octanol–water partition coefficient (Wildman–Crippen LogP) is 3.18. The molecule has 44 heavy (non-hydrogen) atoms. The van der Waals surface area contributed by atoms with Gasteiger partial charge in [0, 0.05) is 42.9 Å².